The van der Waals surface area contributed by atoms with E-state index in [0.29, 0.717) is 5.13 Å². The van der Waals surface area contributed by atoms with Crippen LogP contribution in [0.1, 0.15) is 25.6 Å². The average Bonchev–Trinajstić information content (AvgIpc) is 2.86. The summed E-state index contributed by atoms with van der Waals surface area (Å²) in [6.45, 7) is 4.98. The standard InChI is InChI=1S/C9H13N5OS/c1-3-10-6(2)7-4-16-9(12-7)14-5-11-13-8(14)15/h4-6,10H,3H2,1-2H3,(H,13,15). The first-order chi connectivity index (χ1) is 7.72. The van der Waals surface area contributed by atoms with Crippen LogP contribution in [-0.4, -0.2) is 26.3 Å². The molecule has 2 N–H and O–H groups in total. The van der Waals surface area contributed by atoms with Crippen LogP contribution in [0.25, 0.3) is 5.13 Å². The highest BCUT2D eigenvalue weighted by molar-refractivity contribution is 7.12. The van der Waals surface area contributed by atoms with Crippen molar-refractivity contribution in [1.29, 1.82) is 0 Å². The van der Waals surface area contributed by atoms with E-state index < -0.39 is 0 Å². The van der Waals surface area contributed by atoms with E-state index >= 15 is 0 Å². The van der Waals surface area contributed by atoms with Gasteiger partial charge in [-0.15, -0.1) is 11.3 Å². The summed E-state index contributed by atoms with van der Waals surface area (Å²) in [4.78, 5) is 15.7. The number of aromatic amines is 1. The molecule has 1 atom stereocenters. The van der Waals surface area contributed by atoms with Gasteiger partial charge in [0.1, 0.15) is 6.33 Å². The van der Waals surface area contributed by atoms with Crippen molar-refractivity contribution in [3.05, 3.63) is 27.9 Å². The monoisotopic (exact) mass is 239 g/mol. The van der Waals surface area contributed by atoms with Gasteiger partial charge in [-0.3, -0.25) is 0 Å². The molecule has 0 fully saturated rings. The Bertz CT molecular complexity index is 514. The highest BCUT2D eigenvalue weighted by Crippen LogP contribution is 2.18. The molecule has 0 spiro atoms. The normalized spacial score (nSPS) is 12.9. The summed E-state index contributed by atoms with van der Waals surface area (Å²) in [6, 6.07) is 0.192. The number of aromatic nitrogens is 4. The second kappa shape index (κ2) is 4.58. The van der Waals surface area contributed by atoms with Gasteiger partial charge in [-0.1, -0.05) is 6.92 Å². The lowest BCUT2D eigenvalue weighted by Gasteiger charge is -2.07. The second-order valence-electron chi connectivity index (χ2n) is 3.37. The lowest BCUT2D eigenvalue weighted by Crippen LogP contribution is -2.18. The number of thiazole rings is 1. The fourth-order valence-electron chi connectivity index (χ4n) is 1.38. The Balaban J connectivity index is 2.26. The minimum atomic E-state index is -0.267. The molecule has 86 valence electrons. The van der Waals surface area contributed by atoms with E-state index in [1.165, 1.54) is 22.2 Å². The van der Waals surface area contributed by atoms with Crippen LogP contribution in [0.4, 0.5) is 0 Å². The number of nitrogens with zero attached hydrogens (tertiary/aromatic N) is 3. The highest BCUT2D eigenvalue weighted by Gasteiger charge is 2.11. The van der Waals surface area contributed by atoms with Gasteiger partial charge < -0.3 is 5.32 Å². The van der Waals surface area contributed by atoms with Gasteiger partial charge in [-0.05, 0) is 13.5 Å². The first kappa shape index (κ1) is 11.0. The molecule has 0 aromatic carbocycles. The van der Waals surface area contributed by atoms with E-state index in [2.05, 4.69) is 20.5 Å². The van der Waals surface area contributed by atoms with Gasteiger partial charge in [0.25, 0.3) is 0 Å². The summed E-state index contributed by atoms with van der Waals surface area (Å²) in [5, 5.41) is 11.9. The molecule has 0 aliphatic carbocycles. The predicted molar refractivity (Wildman–Crippen MR) is 61.9 cm³/mol. The van der Waals surface area contributed by atoms with Crippen molar-refractivity contribution in [3.8, 4) is 5.13 Å². The van der Waals surface area contributed by atoms with Crippen molar-refractivity contribution in [1.82, 2.24) is 25.1 Å². The Hall–Kier alpha value is -1.47. The van der Waals surface area contributed by atoms with Gasteiger partial charge in [0.05, 0.1) is 5.69 Å². The van der Waals surface area contributed by atoms with Crippen LogP contribution in [-0.2, 0) is 0 Å². The van der Waals surface area contributed by atoms with E-state index in [0.717, 1.165) is 12.2 Å². The van der Waals surface area contributed by atoms with Crippen LogP contribution in [0.3, 0.4) is 0 Å². The van der Waals surface area contributed by atoms with Gasteiger partial charge in [0.2, 0.25) is 0 Å². The third-order valence-electron chi connectivity index (χ3n) is 2.22. The Kier molecular flexibility index (Phi) is 3.16. The van der Waals surface area contributed by atoms with Crippen LogP contribution in [0, 0.1) is 0 Å². The third-order valence-corrected chi connectivity index (χ3v) is 3.08. The minimum absolute atomic E-state index is 0.192. The van der Waals surface area contributed by atoms with E-state index in [1.54, 1.807) is 0 Å². The fourth-order valence-corrected chi connectivity index (χ4v) is 2.27. The molecule has 0 bridgehead atoms. The van der Waals surface area contributed by atoms with Crippen LogP contribution >= 0.6 is 11.3 Å². The molecule has 0 radical (unpaired) electrons. The Morgan fingerprint density at radius 3 is 3.12 bits per heavy atom. The largest absolute Gasteiger partial charge is 0.349 e. The maximum Gasteiger partial charge on any atom is 0.349 e. The molecule has 0 saturated heterocycles. The van der Waals surface area contributed by atoms with Crippen molar-refractivity contribution in [2.45, 2.75) is 19.9 Å². The maximum absolute atomic E-state index is 11.3. The summed E-state index contributed by atoms with van der Waals surface area (Å²) in [6.07, 6.45) is 1.43. The first-order valence-electron chi connectivity index (χ1n) is 5.03. The lowest BCUT2D eigenvalue weighted by molar-refractivity contribution is 0.585. The summed E-state index contributed by atoms with van der Waals surface area (Å²) in [5.74, 6) is 0. The topological polar surface area (TPSA) is 75.6 Å². The molecule has 0 amide bonds. The van der Waals surface area contributed by atoms with Crippen molar-refractivity contribution >= 4 is 11.3 Å². The fraction of sp³-hybridized carbons (Fsp3) is 0.444. The first-order valence-corrected chi connectivity index (χ1v) is 5.91. The summed E-state index contributed by atoms with van der Waals surface area (Å²) < 4.78 is 1.40. The zero-order valence-corrected chi connectivity index (χ0v) is 9.91. The zero-order chi connectivity index (χ0) is 11.5. The number of rotatable bonds is 4. The van der Waals surface area contributed by atoms with Crippen molar-refractivity contribution in [2.75, 3.05) is 6.54 Å². The molecular formula is C9H13N5OS. The van der Waals surface area contributed by atoms with E-state index in [1.807, 2.05) is 19.2 Å². The van der Waals surface area contributed by atoms with Gasteiger partial charge in [-0.2, -0.15) is 5.10 Å². The van der Waals surface area contributed by atoms with Gasteiger partial charge in [-0.25, -0.2) is 19.4 Å². The number of H-pyrrole nitrogens is 1. The summed E-state index contributed by atoms with van der Waals surface area (Å²) in [7, 11) is 0. The van der Waals surface area contributed by atoms with Crippen molar-refractivity contribution in [2.24, 2.45) is 0 Å². The molecule has 16 heavy (non-hydrogen) atoms. The van der Waals surface area contributed by atoms with Crippen molar-refractivity contribution < 1.29 is 0 Å². The lowest BCUT2D eigenvalue weighted by atomic mass is 10.3. The number of hydrogen-bond acceptors (Lipinski definition) is 5. The molecule has 2 rings (SSSR count). The predicted octanol–water partition coefficient (Wildman–Crippen LogP) is 0.688. The number of nitrogens with one attached hydrogen (secondary N) is 2. The highest BCUT2D eigenvalue weighted by atomic mass is 32.1. The molecule has 1 unspecified atom stereocenters. The Morgan fingerprint density at radius 2 is 2.50 bits per heavy atom. The van der Waals surface area contributed by atoms with Crippen LogP contribution < -0.4 is 11.0 Å². The van der Waals surface area contributed by atoms with Crippen molar-refractivity contribution in [3.63, 3.8) is 0 Å². The molecule has 7 heteroatoms. The molecule has 6 nitrogen and oxygen atoms in total. The smallest absolute Gasteiger partial charge is 0.309 e. The third kappa shape index (κ3) is 2.05. The molecule has 0 aliphatic heterocycles. The van der Waals surface area contributed by atoms with Gasteiger partial charge in [0.15, 0.2) is 5.13 Å². The van der Waals surface area contributed by atoms with E-state index in [4.69, 9.17) is 0 Å². The summed E-state index contributed by atoms with van der Waals surface area (Å²) in [5.41, 5.74) is 0.673. The Labute approximate surface area is 96.3 Å². The minimum Gasteiger partial charge on any atom is -0.309 e. The van der Waals surface area contributed by atoms with E-state index in [9.17, 15) is 4.79 Å². The average molecular weight is 239 g/mol. The maximum atomic E-state index is 11.3. The zero-order valence-electron chi connectivity index (χ0n) is 9.10. The Morgan fingerprint density at radius 1 is 1.69 bits per heavy atom. The molecule has 0 saturated carbocycles. The molecule has 0 aliphatic rings. The number of hydrogen-bond donors (Lipinski definition) is 2. The van der Waals surface area contributed by atoms with E-state index in [-0.39, 0.29) is 11.7 Å². The molecular weight excluding hydrogens is 226 g/mol. The molecule has 2 heterocycles. The van der Waals surface area contributed by atoms with Gasteiger partial charge >= 0.3 is 5.69 Å². The summed E-state index contributed by atoms with van der Waals surface area (Å²) >= 11 is 1.43. The van der Waals surface area contributed by atoms with Crippen LogP contribution in [0.5, 0.6) is 0 Å². The second-order valence-corrected chi connectivity index (χ2v) is 4.20. The SMILES string of the molecule is CCNC(C)c1csc(-n2cn[nH]c2=O)n1. The quantitative estimate of drug-likeness (QED) is 0.823. The van der Waals surface area contributed by atoms with Gasteiger partial charge in [0, 0.05) is 11.4 Å². The molecule has 2 aromatic heterocycles. The van der Waals surface area contributed by atoms with Crippen LogP contribution in [0.15, 0.2) is 16.5 Å². The van der Waals surface area contributed by atoms with Crippen LogP contribution in [0.2, 0.25) is 0 Å². The molecule has 2 aromatic rings.